The van der Waals surface area contributed by atoms with Gasteiger partial charge in [-0.05, 0) is 43.6 Å². The molecule has 1 heterocycles. The third kappa shape index (κ3) is 3.69. The maximum atomic E-state index is 9.40. The van der Waals surface area contributed by atoms with Crippen molar-refractivity contribution in [3.05, 3.63) is 28.7 Å². The number of halogens is 1. The Bertz CT molecular complexity index is 353. The van der Waals surface area contributed by atoms with E-state index in [1.807, 2.05) is 24.3 Å². The smallest absolute Gasteiger partial charge is 0.120 e. The highest BCUT2D eigenvalue weighted by atomic mass is 79.9. The SMILES string of the molecule is OCC(COc1cccc(Br)c1)C1CCNC1. The van der Waals surface area contributed by atoms with Crippen molar-refractivity contribution in [3.63, 3.8) is 0 Å². The summed E-state index contributed by atoms with van der Waals surface area (Å²) in [6.45, 7) is 2.82. The van der Waals surface area contributed by atoms with Gasteiger partial charge < -0.3 is 15.2 Å². The highest BCUT2D eigenvalue weighted by Crippen LogP contribution is 2.22. The molecule has 0 radical (unpaired) electrons. The van der Waals surface area contributed by atoms with Gasteiger partial charge in [0.2, 0.25) is 0 Å². The van der Waals surface area contributed by atoms with Crippen LogP contribution < -0.4 is 10.1 Å². The Hall–Kier alpha value is -0.580. The number of benzene rings is 1. The molecule has 0 bridgehead atoms. The van der Waals surface area contributed by atoms with E-state index in [0.717, 1.165) is 29.7 Å². The molecule has 1 fully saturated rings. The maximum Gasteiger partial charge on any atom is 0.120 e. The third-order valence-electron chi connectivity index (χ3n) is 3.26. The highest BCUT2D eigenvalue weighted by molar-refractivity contribution is 9.10. The summed E-state index contributed by atoms with van der Waals surface area (Å²) in [6.07, 6.45) is 1.13. The molecule has 2 atom stereocenters. The molecule has 0 saturated carbocycles. The lowest BCUT2D eigenvalue weighted by Crippen LogP contribution is -2.26. The van der Waals surface area contributed by atoms with Crippen LogP contribution in [0.15, 0.2) is 28.7 Å². The summed E-state index contributed by atoms with van der Waals surface area (Å²) in [6, 6.07) is 7.80. The Morgan fingerprint density at radius 3 is 3.06 bits per heavy atom. The number of ether oxygens (including phenoxy) is 1. The fourth-order valence-electron chi connectivity index (χ4n) is 2.18. The second-order valence-electron chi connectivity index (χ2n) is 4.46. The van der Waals surface area contributed by atoms with E-state index in [0.29, 0.717) is 12.5 Å². The van der Waals surface area contributed by atoms with E-state index in [1.165, 1.54) is 0 Å². The third-order valence-corrected chi connectivity index (χ3v) is 3.75. The Morgan fingerprint density at radius 1 is 1.53 bits per heavy atom. The number of nitrogens with one attached hydrogen (secondary N) is 1. The van der Waals surface area contributed by atoms with Crippen molar-refractivity contribution in [1.82, 2.24) is 5.32 Å². The topological polar surface area (TPSA) is 41.5 Å². The quantitative estimate of drug-likeness (QED) is 0.874. The molecule has 94 valence electrons. The lowest BCUT2D eigenvalue weighted by molar-refractivity contribution is 0.124. The summed E-state index contributed by atoms with van der Waals surface area (Å²) >= 11 is 3.41. The van der Waals surface area contributed by atoms with E-state index in [9.17, 15) is 5.11 Å². The first kappa shape index (κ1) is 12.9. The second-order valence-corrected chi connectivity index (χ2v) is 5.38. The van der Waals surface area contributed by atoms with Crippen LogP contribution in [0.5, 0.6) is 5.75 Å². The van der Waals surface area contributed by atoms with Crippen molar-refractivity contribution < 1.29 is 9.84 Å². The molecule has 2 rings (SSSR count). The van der Waals surface area contributed by atoms with Crippen LogP contribution in [0.1, 0.15) is 6.42 Å². The Kier molecular flexibility index (Phi) is 4.83. The first-order valence-corrected chi connectivity index (χ1v) is 6.79. The lowest BCUT2D eigenvalue weighted by atomic mass is 9.93. The number of hydrogen-bond donors (Lipinski definition) is 2. The average Bonchev–Trinajstić information content (AvgIpc) is 2.84. The Balaban J connectivity index is 1.87. The zero-order chi connectivity index (χ0) is 12.1. The van der Waals surface area contributed by atoms with E-state index >= 15 is 0 Å². The number of rotatable bonds is 5. The lowest BCUT2D eigenvalue weighted by Gasteiger charge is -2.20. The summed E-state index contributed by atoms with van der Waals surface area (Å²) in [5, 5.41) is 12.7. The number of aliphatic hydroxyl groups is 1. The molecule has 1 aliphatic rings. The van der Waals surface area contributed by atoms with Crippen molar-refractivity contribution in [3.8, 4) is 5.75 Å². The van der Waals surface area contributed by atoms with Crippen LogP contribution in [-0.4, -0.2) is 31.4 Å². The van der Waals surface area contributed by atoms with Crippen LogP contribution in [-0.2, 0) is 0 Å². The highest BCUT2D eigenvalue weighted by Gasteiger charge is 2.24. The molecule has 0 amide bonds. The van der Waals surface area contributed by atoms with Gasteiger partial charge >= 0.3 is 0 Å². The molecular weight excluding hydrogens is 282 g/mol. The monoisotopic (exact) mass is 299 g/mol. The maximum absolute atomic E-state index is 9.40. The molecule has 0 aromatic heterocycles. The van der Waals surface area contributed by atoms with Crippen molar-refractivity contribution in [2.45, 2.75) is 6.42 Å². The van der Waals surface area contributed by atoms with Crippen molar-refractivity contribution in [1.29, 1.82) is 0 Å². The van der Waals surface area contributed by atoms with Gasteiger partial charge in [-0.3, -0.25) is 0 Å². The van der Waals surface area contributed by atoms with Crippen LogP contribution in [0.25, 0.3) is 0 Å². The second kappa shape index (κ2) is 6.38. The van der Waals surface area contributed by atoms with E-state index in [1.54, 1.807) is 0 Å². The van der Waals surface area contributed by atoms with Gasteiger partial charge in [0.05, 0.1) is 6.61 Å². The molecule has 17 heavy (non-hydrogen) atoms. The molecule has 1 saturated heterocycles. The van der Waals surface area contributed by atoms with Crippen LogP contribution in [0.4, 0.5) is 0 Å². The Morgan fingerprint density at radius 2 is 2.41 bits per heavy atom. The molecule has 1 aromatic rings. The van der Waals surface area contributed by atoms with Crippen LogP contribution >= 0.6 is 15.9 Å². The molecular formula is C13H18BrNO2. The predicted octanol–water partition coefficient (Wildman–Crippen LogP) is 2.05. The number of aliphatic hydroxyl groups excluding tert-OH is 1. The molecule has 1 aliphatic heterocycles. The molecule has 0 spiro atoms. The van der Waals surface area contributed by atoms with Gasteiger partial charge in [-0.2, -0.15) is 0 Å². The Labute approximate surface area is 110 Å². The van der Waals surface area contributed by atoms with Crippen LogP contribution in [0.3, 0.4) is 0 Å². The van der Waals surface area contributed by atoms with Gasteiger partial charge in [0.25, 0.3) is 0 Å². The van der Waals surface area contributed by atoms with Gasteiger partial charge in [-0.15, -0.1) is 0 Å². The average molecular weight is 300 g/mol. The summed E-state index contributed by atoms with van der Waals surface area (Å²) in [7, 11) is 0. The zero-order valence-corrected chi connectivity index (χ0v) is 11.3. The minimum absolute atomic E-state index is 0.195. The van der Waals surface area contributed by atoms with Crippen molar-refractivity contribution >= 4 is 15.9 Å². The van der Waals surface area contributed by atoms with E-state index < -0.39 is 0 Å². The fourth-order valence-corrected chi connectivity index (χ4v) is 2.56. The zero-order valence-electron chi connectivity index (χ0n) is 9.73. The van der Waals surface area contributed by atoms with Gasteiger partial charge in [-0.25, -0.2) is 0 Å². The molecule has 1 aromatic carbocycles. The molecule has 3 nitrogen and oxygen atoms in total. The summed E-state index contributed by atoms with van der Waals surface area (Å²) < 4.78 is 6.75. The van der Waals surface area contributed by atoms with Gasteiger partial charge in [0, 0.05) is 17.0 Å². The van der Waals surface area contributed by atoms with Gasteiger partial charge in [-0.1, -0.05) is 22.0 Å². The van der Waals surface area contributed by atoms with Gasteiger partial charge in [0.15, 0.2) is 0 Å². The molecule has 2 unspecified atom stereocenters. The molecule has 2 N–H and O–H groups in total. The van der Waals surface area contributed by atoms with Crippen molar-refractivity contribution in [2.75, 3.05) is 26.3 Å². The minimum atomic E-state index is 0.195. The summed E-state index contributed by atoms with van der Waals surface area (Å²) in [5.41, 5.74) is 0. The van der Waals surface area contributed by atoms with Gasteiger partial charge in [0.1, 0.15) is 5.75 Å². The minimum Gasteiger partial charge on any atom is -0.493 e. The summed E-state index contributed by atoms with van der Waals surface area (Å²) in [5.74, 6) is 1.61. The van der Waals surface area contributed by atoms with E-state index in [-0.39, 0.29) is 12.5 Å². The standard InChI is InChI=1S/C13H18BrNO2/c14-12-2-1-3-13(6-12)17-9-11(8-16)10-4-5-15-7-10/h1-3,6,10-11,15-16H,4-5,7-9H2. The van der Waals surface area contributed by atoms with E-state index in [4.69, 9.17) is 4.74 Å². The predicted molar refractivity (Wildman–Crippen MR) is 71.2 cm³/mol. The van der Waals surface area contributed by atoms with Crippen molar-refractivity contribution in [2.24, 2.45) is 11.8 Å². The first-order valence-electron chi connectivity index (χ1n) is 5.99. The normalized spacial score (nSPS) is 21.4. The van der Waals surface area contributed by atoms with Crippen LogP contribution in [0.2, 0.25) is 0 Å². The van der Waals surface area contributed by atoms with Crippen LogP contribution in [0, 0.1) is 11.8 Å². The fraction of sp³-hybridized carbons (Fsp3) is 0.538. The molecule has 0 aliphatic carbocycles. The number of hydrogen-bond acceptors (Lipinski definition) is 3. The van der Waals surface area contributed by atoms with E-state index in [2.05, 4.69) is 21.2 Å². The largest absolute Gasteiger partial charge is 0.493 e. The molecule has 4 heteroatoms. The first-order chi connectivity index (χ1) is 8.29. The summed E-state index contributed by atoms with van der Waals surface area (Å²) in [4.78, 5) is 0.